The summed E-state index contributed by atoms with van der Waals surface area (Å²) < 4.78 is 0. The number of hydrogen-bond donors (Lipinski definition) is 3. The maximum atomic E-state index is 12.5. The average molecular weight is 402 g/mol. The van der Waals surface area contributed by atoms with Crippen molar-refractivity contribution in [3.8, 4) is 11.1 Å². The summed E-state index contributed by atoms with van der Waals surface area (Å²) in [6.45, 7) is 1.39. The van der Waals surface area contributed by atoms with Crippen molar-refractivity contribution < 1.29 is 19.5 Å². The minimum atomic E-state index is -1.11. The lowest BCUT2D eigenvalue weighted by Crippen LogP contribution is -2.42. The monoisotopic (exact) mass is 402 g/mol. The Balaban J connectivity index is 1.66. The van der Waals surface area contributed by atoms with Crippen LogP contribution < -0.4 is 10.6 Å². The summed E-state index contributed by atoms with van der Waals surface area (Å²) in [6, 6.07) is 22.7. The first kappa shape index (κ1) is 20.8. The third-order valence-electron chi connectivity index (χ3n) is 4.57. The quantitative estimate of drug-likeness (QED) is 0.561. The molecule has 0 fully saturated rings. The van der Waals surface area contributed by atoms with Crippen LogP contribution in [0.1, 0.15) is 22.8 Å². The zero-order chi connectivity index (χ0) is 21.5. The van der Waals surface area contributed by atoms with Crippen molar-refractivity contribution in [2.24, 2.45) is 0 Å². The van der Waals surface area contributed by atoms with Crippen LogP contribution >= 0.6 is 0 Å². The number of rotatable bonds is 7. The molecule has 152 valence electrons. The van der Waals surface area contributed by atoms with Crippen LogP contribution in [0.4, 0.5) is 5.69 Å². The first-order valence-corrected chi connectivity index (χ1v) is 9.48. The molecule has 0 heterocycles. The van der Waals surface area contributed by atoms with Gasteiger partial charge in [-0.3, -0.25) is 9.59 Å². The van der Waals surface area contributed by atoms with Crippen LogP contribution in [0, 0.1) is 0 Å². The molecular formula is C24H22N2O4. The van der Waals surface area contributed by atoms with Crippen molar-refractivity contribution in [2.45, 2.75) is 19.4 Å². The lowest BCUT2D eigenvalue weighted by molar-refractivity contribution is -0.139. The molecule has 6 nitrogen and oxygen atoms in total. The van der Waals surface area contributed by atoms with E-state index in [0.717, 1.165) is 16.7 Å². The minimum absolute atomic E-state index is 0.167. The van der Waals surface area contributed by atoms with E-state index in [9.17, 15) is 19.5 Å². The summed E-state index contributed by atoms with van der Waals surface area (Å²) in [5, 5.41) is 14.7. The zero-order valence-corrected chi connectivity index (χ0v) is 16.5. The van der Waals surface area contributed by atoms with Gasteiger partial charge >= 0.3 is 5.97 Å². The van der Waals surface area contributed by atoms with E-state index in [4.69, 9.17) is 0 Å². The fraction of sp³-hybridized carbons (Fsp3) is 0.125. The number of benzene rings is 3. The van der Waals surface area contributed by atoms with Crippen LogP contribution in [0.25, 0.3) is 11.1 Å². The molecule has 1 atom stereocenters. The second-order valence-corrected chi connectivity index (χ2v) is 6.89. The zero-order valence-electron chi connectivity index (χ0n) is 16.5. The van der Waals surface area contributed by atoms with Crippen molar-refractivity contribution in [1.82, 2.24) is 5.32 Å². The lowest BCUT2D eigenvalue weighted by atomic mass is 10.0. The van der Waals surface area contributed by atoms with Crippen molar-refractivity contribution in [1.29, 1.82) is 0 Å². The number of carbonyl (C=O) groups excluding carboxylic acids is 2. The summed E-state index contributed by atoms with van der Waals surface area (Å²) in [7, 11) is 0. The summed E-state index contributed by atoms with van der Waals surface area (Å²) in [5.41, 5.74) is 3.80. The highest BCUT2D eigenvalue weighted by molar-refractivity contribution is 5.97. The normalized spacial score (nSPS) is 11.4. The van der Waals surface area contributed by atoms with Gasteiger partial charge in [-0.05, 0) is 41.0 Å². The Hall–Kier alpha value is -3.93. The minimum Gasteiger partial charge on any atom is -0.480 e. The number of carbonyl (C=O) groups is 3. The Kier molecular flexibility index (Phi) is 6.60. The summed E-state index contributed by atoms with van der Waals surface area (Å²) in [5.74, 6) is -1.81. The fourth-order valence-electron chi connectivity index (χ4n) is 3.05. The van der Waals surface area contributed by atoms with Gasteiger partial charge in [-0.15, -0.1) is 0 Å². The number of amides is 2. The standard InChI is InChI=1S/C24H22N2O4/c1-16(27)25-21-13-11-20(12-14-21)23(28)26-22(24(29)30)15-17-7-9-19(10-8-17)18-5-3-2-4-6-18/h2-14,22H,15H2,1H3,(H,25,27)(H,26,28)(H,29,30)/t22-/m1/s1. The van der Waals surface area contributed by atoms with Gasteiger partial charge in [-0.1, -0.05) is 54.6 Å². The predicted molar refractivity (Wildman–Crippen MR) is 115 cm³/mol. The fourth-order valence-corrected chi connectivity index (χ4v) is 3.05. The van der Waals surface area contributed by atoms with Gasteiger partial charge in [0.15, 0.2) is 0 Å². The Bertz CT molecular complexity index is 1030. The third-order valence-corrected chi connectivity index (χ3v) is 4.57. The van der Waals surface area contributed by atoms with Crippen LogP contribution in [0.3, 0.4) is 0 Å². The summed E-state index contributed by atoms with van der Waals surface area (Å²) in [4.78, 5) is 35.2. The summed E-state index contributed by atoms with van der Waals surface area (Å²) in [6.07, 6.45) is 0.167. The molecule has 3 N–H and O–H groups in total. The molecule has 0 aromatic heterocycles. The van der Waals surface area contributed by atoms with E-state index in [1.165, 1.54) is 19.1 Å². The van der Waals surface area contributed by atoms with Gasteiger partial charge < -0.3 is 15.7 Å². The number of carboxylic acids is 1. The SMILES string of the molecule is CC(=O)Nc1ccc(C(=O)N[C@H](Cc2ccc(-c3ccccc3)cc2)C(=O)O)cc1. The lowest BCUT2D eigenvalue weighted by Gasteiger charge is -2.15. The number of aliphatic carboxylic acids is 1. The van der Waals surface area contributed by atoms with E-state index in [-0.39, 0.29) is 12.3 Å². The number of carboxylic acid groups (broad SMARTS) is 1. The van der Waals surface area contributed by atoms with E-state index < -0.39 is 17.9 Å². The molecular weight excluding hydrogens is 380 g/mol. The van der Waals surface area contributed by atoms with Crippen molar-refractivity contribution >= 4 is 23.5 Å². The number of anilines is 1. The van der Waals surface area contributed by atoms with Crippen LogP contribution in [-0.4, -0.2) is 28.9 Å². The maximum Gasteiger partial charge on any atom is 0.326 e. The molecule has 0 saturated heterocycles. The van der Waals surface area contributed by atoms with Gasteiger partial charge in [0, 0.05) is 24.6 Å². The Labute approximate surface area is 174 Å². The molecule has 0 aliphatic heterocycles. The molecule has 30 heavy (non-hydrogen) atoms. The molecule has 0 aliphatic carbocycles. The van der Waals surface area contributed by atoms with E-state index in [2.05, 4.69) is 10.6 Å². The van der Waals surface area contributed by atoms with E-state index >= 15 is 0 Å². The van der Waals surface area contributed by atoms with E-state index in [1.807, 2.05) is 54.6 Å². The highest BCUT2D eigenvalue weighted by Crippen LogP contribution is 2.20. The molecule has 0 radical (unpaired) electrons. The third kappa shape index (κ3) is 5.54. The topological polar surface area (TPSA) is 95.5 Å². The van der Waals surface area contributed by atoms with E-state index in [1.54, 1.807) is 12.1 Å². The van der Waals surface area contributed by atoms with Crippen molar-refractivity contribution in [3.63, 3.8) is 0 Å². The Morgan fingerprint density at radius 3 is 2.00 bits per heavy atom. The van der Waals surface area contributed by atoms with Gasteiger partial charge in [0.2, 0.25) is 5.91 Å². The largest absolute Gasteiger partial charge is 0.480 e. The molecule has 0 bridgehead atoms. The van der Waals surface area contributed by atoms with Gasteiger partial charge in [0.25, 0.3) is 5.91 Å². The Morgan fingerprint density at radius 1 is 0.833 bits per heavy atom. The maximum absolute atomic E-state index is 12.5. The van der Waals surface area contributed by atoms with Gasteiger partial charge in [0.05, 0.1) is 0 Å². The van der Waals surface area contributed by atoms with Crippen LogP contribution in [0.15, 0.2) is 78.9 Å². The Morgan fingerprint density at radius 2 is 1.43 bits per heavy atom. The predicted octanol–water partition coefficient (Wildman–Crippen LogP) is 3.74. The first-order valence-electron chi connectivity index (χ1n) is 9.48. The van der Waals surface area contributed by atoms with Crippen LogP contribution in [0.5, 0.6) is 0 Å². The molecule has 2 amide bonds. The second-order valence-electron chi connectivity index (χ2n) is 6.89. The van der Waals surface area contributed by atoms with Gasteiger partial charge in [0.1, 0.15) is 6.04 Å². The highest BCUT2D eigenvalue weighted by atomic mass is 16.4. The molecule has 0 aliphatic rings. The van der Waals surface area contributed by atoms with Crippen molar-refractivity contribution in [3.05, 3.63) is 90.0 Å². The highest BCUT2D eigenvalue weighted by Gasteiger charge is 2.21. The molecule has 0 spiro atoms. The summed E-state index contributed by atoms with van der Waals surface area (Å²) >= 11 is 0. The molecule has 3 aromatic carbocycles. The van der Waals surface area contributed by atoms with Gasteiger partial charge in [-0.25, -0.2) is 4.79 Å². The number of hydrogen-bond acceptors (Lipinski definition) is 3. The first-order chi connectivity index (χ1) is 14.4. The average Bonchev–Trinajstić information content (AvgIpc) is 2.74. The van der Waals surface area contributed by atoms with Crippen molar-refractivity contribution in [2.75, 3.05) is 5.32 Å². The smallest absolute Gasteiger partial charge is 0.326 e. The number of nitrogens with one attached hydrogen (secondary N) is 2. The van der Waals surface area contributed by atoms with Crippen LogP contribution in [-0.2, 0) is 16.0 Å². The van der Waals surface area contributed by atoms with Crippen LogP contribution in [0.2, 0.25) is 0 Å². The second kappa shape index (κ2) is 9.52. The van der Waals surface area contributed by atoms with Gasteiger partial charge in [-0.2, -0.15) is 0 Å². The van der Waals surface area contributed by atoms with E-state index in [0.29, 0.717) is 11.3 Å². The molecule has 3 aromatic rings. The molecule has 0 saturated carbocycles. The molecule has 6 heteroatoms. The molecule has 0 unspecified atom stereocenters. The molecule has 3 rings (SSSR count).